The quantitative estimate of drug-likeness (QED) is 0.524. The standard InChI is InChI=1S/C7H14O3/c1-3-4-7(9-2)5-10-6-8/h6-7H,3-5H2,1-2H3. The van der Waals surface area contributed by atoms with E-state index in [0.29, 0.717) is 13.1 Å². The van der Waals surface area contributed by atoms with Crippen molar-refractivity contribution in [2.75, 3.05) is 13.7 Å². The van der Waals surface area contributed by atoms with Crippen LogP contribution in [-0.2, 0) is 14.3 Å². The molecule has 0 saturated heterocycles. The lowest BCUT2D eigenvalue weighted by Crippen LogP contribution is -2.17. The van der Waals surface area contributed by atoms with Crippen molar-refractivity contribution in [1.82, 2.24) is 0 Å². The van der Waals surface area contributed by atoms with Crippen LogP contribution in [0, 0.1) is 0 Å². The fourth-order valence-electron chi connectivity index (χ4n) is 0.738. The van der Waals surface area contributed by atoms with Crippen LogP contribution in [0.2, 0.25) is 0 Å². The molecule has 0 aliphatic heterocycles. The fraction of sp³-hybridized carbons (Fsp3) is 0.857. The van der Waals surface area contributed by atoms with Gasteiger partial charge in [-0.15, -0.1) is 0 Å². The highest BCUT2D eigenvalue weighted by Crippen LogP contribution is 1.99. The Hall–Kier alpha value is -0.570. The molecule has 60 valence electrons. The van der Waals surface area contributed by atoms with Gasteiger partial charge in [0.25, 0.3) is 6.47 Å². The molecule has 0 aliphatic rings. The van der Waals surface area contributed by atoms with Crippen LogP contribution < -0.4 is 0 Å². The van der Waals surface area contributed by atoms with Crippen molar-refractivity contribution in [3.05, 3.63) is 0 Å². The summed E-state index contributed by atoms with van der Waals surface area (Å²) in [5, 5.41) is 0. The summed E-state index contributed by atoms with van der Waals surface area (Å²) in [6, 6.07) is 0. The minimum Gasteiger partial charge on any atom is -0.465 e. The molecule has 10 heavy (non-hydrogen) atoms. The monoisotopic (exact) mass is 146 g/mol. The molecule has 0 saturated carbocycles. The predicted octanol–water partition coefficient (Wildman–Crippen LogP) is 0.975. The average Bonchev–Trinajstić information content (AvgIpc) is 1.98. The summed E-state index contributed by atoms with van der Waals surface area (Å²) < 4.78 is 9.54. The molecule has 1 unspecified atom stereocenters. The first-order chi connectivity index (χ1) is 4.85. The minimum atomic E-state index is 0.0650. The first kappa shape index (κ1) is 9.43. The Kier molecular flexibility index (Phi) is 6.18. The van der Waals surface area contributed by atoms with Gasteiger partial charge in [0, 0.05) is 7.11 Å². The molecule has 0 heterocycles. The molecule has 3 nitrogen and oxygen atoms in total. The van der Waals surface area contributed by atoms with Gasteiger partial charge in [0.05, 0.1) is 6.10 Å². The van der Waals surface area contributed by atoms with Crippen LogP contribution in [-0.4, -0.2) is 26.3 Å². The molecule has 0 fully saturated rings. The Bertz CT molecular complexity index is 82.9. The van der Waals surface area contributed by atoms with Crippen LogP contribution in [0.5, 0.6) is 0 Å². The van der Waals surface area contributed by atoms with Crippen molar-refractivity contribution < 1.29 is 14.3 Å². The summed E-state index contributed by atoms with van der Waals surface area (Å²) in [5.41, 5.74) is 0. The van der Waals surface area contributed by atoms with E-state index < -0.39 is 0 Å². The Morgan fingerprint density at radius 2 is 2.30 bits per heavy atom. The van der Waals surface area contributed by atoms with Gasteiger partial charge in [-0.05, 0) is 6.42 Å². The van der Waals surface area contributed by atoms with Crippen molar-refractivity contribution in [2.24, 2.45) is 0 Å². The fourth-order valence-corrected chi connectivity index (χ4v) is 0.738. The Labute approximate surface area is 61.3 Å². The molecule has 3 heteroatoms. The SMILES string of the molecule is CCCC(COC=O)OC. The molecule has 0 bridgehead atoms. The third kappa shape index (κ3) is 4.32. The van der Waals surface area contributed by atoms with Crippen molar-refractivity contribution in [2.45, 2.75) is 25.9 Å². The topological polar surface area (TPSA) is 35.5 Å². The first-order valence-electron chi connectivity index (χ1n) is 3.43. The molecule has 0 amide bonds. The van der Waals surface area contributed by atoms with Gasteiger partial charge in [-0.2, -0.15) is 0 Å². The lowest BCUT2D eigenvalue weighted by atomic mass is 10.2. The number of carbonyl (C=O) groups is 1. The molecule has 1 atom stereocenters. The molecule has 0 aromatic heterocycles. The zero-order chi connectivity index (χ0) is 7.82. The van der Waals surface area contributed by atoms with Gasteiger partial charge in [0.2, 0.25) is 0 Å². The van der Waals surface area contributed by atoms with Gasteiger partial charge in [-0.25, -0.2) is 0 Å². The van der Waals surface area contributed by atoms with Gasteiger partial charge in [-0.3, -0.25) is 4.79 Å². The molecule has 0 aromatic carbocycles. The second kappa shape index (κ2) is 6.55. The summed E-state index contributed by atoms with van der Waals surface area (Å²) in [5.74, 6) is 0. The van der Waals surface area contributed by atoms with Crippen molar-refractivity contribution in [1.29, 1.82) is 0 Å². The molecular formula is C7H14O3. The van der Waals surface area contributed by atoms with E-state index in [1.54, 1.807) is 7.11 Å². The van der Waals surface area contributed by atoms with Gasteiger partial charge >= 0.3 is 0 Å². The molecule has 0 spiro atoms. The average molecular weight is 146 g/mol. The number of hydrogen-bond donors (Lipinski definition) is 0. The van der Waals surface area contributed by atoms with Gasteiger partial charge in [0.1, 0.15) is 6.61 Å². The highest BCUT2D eigenvalue weighted by Gasteiger charge is 2.04. The summed E-state index contributed by atoms with van der Waals surface area (Å²) in [7, 11) is 1.62. The van der Waals surface area contributed by atoms with E-state index in [0.717, 1.165) is 12.8 Å². The Morgan fingerprint density at radius 1 is 1.60 bits per heavy atom. The molecular weight excluding hydrogens is 132 g/mol. The van der Waals surface area contributed by atoms with Crippen LogP contribution in [0.25, 0.3) is 0 Å². The van der Waals surface area contributed by atoms with Crippen LogP contribution in [0.15, 0.2) is 0 Å². The van der Waals surface area contributed by atoms with Crippen LogP contribution in [0.4, 0.5) is 0 Å². The van der Waals surface area contributed by atoms with Crippen molar-refractivity contribution in [3.8, 4) is 0 Å². The van der Waals surface area contributed by atoms with Gasteiger partial charge in [0.15, 0.2) is 0 Å². The normalized spacial score (nSPS) is 12.6. The number of methoxy groups -OCH3 is 1. The highest BCUT2D eigenvalue weighted by molar-refractivity contribution is 5.36. The number of hydrogen-bond acceptors (Lipinski definition) is 3. The number of ether oxygens (including phenoxy) is 2. The van der Waals surface area contributed by atoms with E-state index in [9.17, 15) is 4.79 Å². The molecule has 0 radical (unpaired) electrons. The molecule has 0 aromatic rings. The second-order valence-electron chi connectivity index (χ2n) is 2.08. The van der Waals surface area contributed by atoms with Gasteiger partial charge in [-0.1, -0.05) is 13.3 Å². The summed E-state index contributed by atoms with van der Waals surface area (Å²) >= 11 is 0. The van der Waals surface area contributed by atoms with Crippen molar-refractivity contribution >= 4 is 6.47 Å². The predicted molar refractivity (Wildman–Crippen MR) is 37.7 cm³/mol. The van der Waals surface area contributed by atoms with E-state index >= 15 is 0 Å². The smallest absolute Gasteiger partial charge is 0.293 e. The van der Waals surface area contributed by atoms with E-state index in [1.165, 1.54) is 0 Å². The zero-order valence-corrected chi connectivity index (χ0v) is 6.50. The maximum atomic E-state index is 9.75. The number of carbonyl (C=O) groups excluding carboxylic acids is 1. The van der Waals surface area contributed by atoms with Crippen LogP contribution in [0.1, 0.15) is 19.8 Å². The Morgan fingerprint density at radius 3 is 2.70 bits per heavy atom. The highest BCUT2D eigenvalue weighted by atomic mass is 16.5. The van der Waals surface area contributed by atoms with Crippen LogP contribution >= 0.6 is 0 Å². The third-order valence-corrected chi connectivity index (χ3v) is 1.29. The maximum Gasteiger partial charge on any atom is 0.293 e. The van der Waals surface area contributed by atoms with Crippen molar-refractivity contribution in [3.63, 3.8) is 0 Å². The second-order valence-corrected chi connectivity index (χ2v) is 2.08. The lowest BCUT2D eigenvalue weighted by Gasteiger charge is -2.11. The largest absolute Gasteiger partial charge is 0.465 e. The maximum absolute atomic E-state index is 9.75. The Balaban J connectivity index is 3.29. The van der Waals surface area contributed by atoms with E-state index in [2.05, 4.69) is 11.7 Å². The third-order valence-electron chi connectivity index (χ3n) is 1.29. The van der Waals surface area contributed by atoms with Crippen LogP contribution in [0.3, 0.4) is 0 Å². The lowest BCUT2D eigenvalue weighted by molar-refractivity contribution is -0.132. The summed E-state index contributed by atoms with van der Waals surface area (Å²) in [6.07, 6.45) is 2.04. The first-order valence-corrected chi connectivity index (χ1v) is 3.43. The summed E-state index contributed by atoms with van der Waals surface area (Å²) in [4.78, 5) is 9.75. The summed E-state index contributed by atoms with van der Waals surface area (Å²) in [6.45, 7) is 2.88. The van der Waals surface area contributed by atoms with E-state index in [1.807, 2.05) is 0 Å². The molecule has 0 N–H and O–H groups in total. The number of rotatable bonds is 6. The molecule has 0 rings (SSSR count). The minimum absolute atomic E-state index is 0.0650. The van der Waals surface area contributed by atoms with E-state index in [-0.39, 0.29) is 6.10 Å². The van der Waals surface area contributed by atoms with Gasteiger partial charge < -0.3 is 9.47 Å². The zero-order valence-electron chi connectivity index (χ0n) is 6.50. The molecule has 0 aliphatic carbocycles. The van der Waals surface area contributed by atoms with E-state index in [4.69, 9.17) is 4.74 Å².